The number of hydrogen-bond acceptors (Lipinski definition) is 5. The van der Waals surface area contributed by atoms with Gasteiger partial charge in [-0.25, -0.2) is 8.78 Å². The Morgan fingerprint density at radius 1 is 0.738 bits per heavy atom. The summed E-state index contributed by atoms with van der Waals surface area (Å²) >= 11 is 17.2. The minimum atomic E-state index is -5.06. The maximum absolute atomic E-state index is 13.8. The summed E-state index contributed by atoms with van der Waals surface area (Å²) in [5.41, 5.74) is -2.65. The highest BCUT2D eigenvalue weighted by molar-refractivity contribution is 9.11. The first-order valence-corrected chi connectivity index (χ1v) is 13.2. The first-order chi connectivity index (χ1) is 18.7. The zero-order chi connectivity index (χ0) is 33.6. The second-order valence-electron chi connectivity index (χ2n) is 8.44. The van der Waals surface area contributed by atoms with E-state index in [1.807, 2.05) is 0 Å². The number of carbonyl (C=O) groups excluding carboxylic acids is 3. The van der Waals surface area contributed by atoms with Crippen LogP contribution in [0.2, 0.25) is 10.0 Å². The first kappa shape index (κ1) is 39.8. The summed E-state index contributed by atoms with van der Waals surface area (Å²) < 4.78 is 107. The number of nitrogen functional groups attached to an aromatic ring is 1. The summed E-state index contributed by atoms with van der Waals surface area (Å²) in [6, 6.07) is 3.61. The van der Waals surface area contributed by atoms with Crippen LogP contribution in [0, 0.1) is 0 Å². The van der Waals surface area contributed by atoms with E-state index in [-0.39, 0.29) is 30.4 Å². The minimum Gasteiger partial charge on any atom is -0.397 e. The van der Waals surface area contributed by atoms with Gasteiger partial charge >= 0.3 is 24.3 Å². The molecule has 236 valence electrons. The SMILES string of the molecule is CC(=O)Nc1c(Cl)cc(C(C)(F)C(F)(F)F)cc1Br.CC(=O)OC(C)=O.CC(F)(c1cc(Cl)c(N)c(Br)c1)C(F)(F)F. The fraction of sp³-hybridized carbons (Fsp3) is 0.375. The Hall–Kier alpha value is -2.17. The van der Waals surface area contributed by atoms with E-state index in [4.69, 9.17) is 28.9 Å². The Bertz CT molecular complexity index is 1260. The van der Waals surface area contributed by atoms with E-state index in [9.17, 15) is 49.5 Å². The standard InChI is InChI=1S/C11H9BrClF4NO.C9H7BrClF4N.C4H6O3/c1-5(19)18-9-7(12)3-6(4-8(9)13)10(2,14)11(15,16)17;1-8(12,9(13,14)15)4-2-5(10)7(16)6(11)3-4;1-3(5)7-4(2)6/h3-4H,1-2H3,(H,18,19);2-3H,16H2,1H3;1-2H3. The van der Waals surface area contributed by atoms with Crippen molar-refractivity contribution in [2.24, 2.45) is 0 Å². The summed E-state index contributed by atoms with van der Waals surface area (Å²) in [5, 5.41) is 2.02. The van der Waals surface area contributed by atoms with E-state index >= 15 is 0 Å². The molecule has 42 heavy (non-hydrogen) atoms. The molecule has 2 aromatic carbocycles. The van der Waals surface area contributed by atoms with E-state index < -0.39 is 52.7 Å². The van der Waals surface area contributed by atoms with Crippen LogP contribution in [0.15, 0.2) is 33.2 Å². The Kier molecular flexibility index (Phi) is 14.2. The maximum Gasteiger partial charge on any atom is 0.426 e. The average Bonchev–Trinajstić information content (AvgIpc) is 2.77. The summed E-state index contributed by atoms with van der Waals surface area (Å²) in [6.45, 7) is 4.42. The van der Waals surface area contributed by atoms with Gasteiger partial charge in [-0.15, -0.1) is 0 Å². The third-order valence-electron chi connectivity index (χ3n) is 4.86. The van der Waals surface area contributed by atoms with Gasteiger partial charge in [0.15, 0.2) is 0 Å². The van der Waals surface area contributed by atoms with Crippen LogP contribution in [0.25, 0.3) is 0 Å². The molecule has 2 rings (SSSR count). The van der Waals surface area contributed by atoms with E-state index in [1.54, 1.807) is 0 Å². The van der Waals surface area contributed by atoms with Gasteiger partial charge in [-0.2, -0.15) is 26.3 Å². The number of anilines is 2. The molecule has 0 heterocycles. The highest BCUT2D eigenvalue weighted by Crippen LogP contribution is 2.46. The van der Waals surface area contributed by atoms with E-state index in [0.29, 0.717) is 13.8 Å². The van der Waals surface area contributed by atoms with Crippen LogP contribution in [0.4, 0.5) is 46.5 Å². The Morgan fingerprint density at radius 3 is 1.36 bits per heavy atom. The maximum atomic E-state index is 13.8. The van der Waals surface area contributed by atoms with Crippen LogP contribution in [0.1, 0.15) is 45.7 Å². The van der Waals surface area contributed by atoms with Crippen molar-refractivity contribution >= 4 is 84.3 Å². The van der Waals surface area contributed by atoms with Crippen LogP contribution >= 0.6 is 55.1 Å². The lowest BCUT2D eigenvalue weighted by molar-refractivity contribution is -0.229. The Balaban J connectivity index is 0.000000661. The minimum absolute atomic E-state index is 0.0679. The second-order valence-corrected chi connectivity index (χ2v) is 11.0. The number of carbonyl (C=O) groups is 3. The van der Waals surface area contributed by atoms with Crippen molar-refractivity contribution in [3.63, 3.8) is 0 Å². The number of halogens is 12. The highest BCUT2D eigenvalue weighted by Gasteiger charge is 2.54. The lowest BCUT2D eigenvalue weighted by Crippen LogP contribution is -2.35. The molecule has 3 N–H and O–H groups in total. The fourth-order valence-electron chi connectivity index (χ4n) is 2.52. The molecule has 2 atom stereocenters. The van der Waals surface area contributed by atoms with Gasteiger partial charge in [-0.3, -0.25) is 14.4 Å². The van der Waals surface area contributed by atoms with Crippen LogP contribution in [-0.2, 0) is 30.5 Å². The molecule has 0 aromatic heterocycles. The van der Waals surface area contributed by atoms with Crippen molar-refractivity contribution < 1.29 is 54.2 Å². The monoisotopic (exact) mass is 782 g/mol. The van der Waals surface area contributed by atoms with Crippen molar-refractivity contribution in [2.75, 3.05) is 11.1 Å². The Morgan fingerprint density at radius 2 is 1.10 bits per heavy atom. The molecule has 0 fully saturated rings. The largest absolute Gasteiger partial charge is 0.426 e. The number of nitrogens with two attached hydrogens (primary N) is 1. The Labute approximate surface area is 261 Å². The molecule has 0 radical (unpaired) electrons. The van der Waals surface area contributed by atoms with Crippen molar-refractivity contribution in [1.82, 2.24) is 0 Å². The third-order valence-corrected chi connectivity index (χ3v) is 6.75. The van der Waals surface area contributed by atoms with Crippen molar-refractivity contribution in [1.29, 1.82) is 0 Å². The molecule has 1 amide bonds. The molecule has 0 bridgehead atoms. The van der Waals surface area contributed by atoms with Crippen molar-refractivity contribution in [2.45, 2.75) is 58.3 Å². The van der Waals surface area contributed by atoms with Gasteiger partial charge in [0.1, 0.15) is 0 Å². The number of hydrogen-bond donors (Lipinski definition) is 2. The van der Waals surface area contributed by atoms with Gasteiger partial charge in [-0.05, 0) is 70.0 Å². The van der Waals surface area contributed by atoms with Gasteiger partial charge < -0.3 is 15.8 Å². The zero-order valence-electron chi connectivity index (χ0n) is 22.1. The molecule has 18 heteroatoms. The molecule has 0 aliphatic heterocycles. The van der Waals surface area contributed by atoms with Crippen LogP contribution in [0.3, 0.4) is 0 Å². The van der Waals surface area contributed by atoms with E-state index in [0.717, 1.165) is 24.3 Å². The first-order valence-electron chi connectivity index (χ1n) is 10.9. The van der Waals surface area contributed by atoms with Crippen LogP contribution in [0.5, 0.6) is 0 Å². The third kappa shape index (κ3) is 11.2. The predicted molar refractivity (Wildman–Crippen MR) is 148 cm³/mol. The molecule has 2 unspecified atom stereocenters. The van der Waals surface area contributed by atoms with Gasteiger partial charge in [0.2, 0.25) is 17.2 Å². The predicted octanol–water partition coefficient (Wildman–Crippen LogP) is 9.34. The van der Waals surface area contributed by atoms with Crippen molar-refractivity contribution in [3.05, 3.63) is 54.4 Å². The van der Waals surface area contributed by atoms with Crippen molar-refractivity contribution in [3.8, 4) is 0 Å². The van der Waals surface area contributed by atoms with Crippen LogP contribution < -0.4 is 11.1 Å². The summed E-state index contributed by atoms with van der Waals surface area (Å²) in [5.74, 6) is -1.57. The number of amides is 1. The molecule has 6 nitrogen and oxygen atoms in total. The van der Waals surface area contributed by atoms with Gasteiger partial charge in [0.05, 0.1) is 21.4 Å². The van der Waals surface area contributed by atoms with Gasteiger partial charge in [0, 0.05) is 40.8 Å². The highest BCUT2D eigenvalue weighted by atomic mass is 79.9. The van der Waals surface area contributed by atoms with E-state index in [2.05, 4.69) is 41.9 Å². The smallest absolute Gasteiger partial charge is 0.397 e. The number of rotatable bonds is 3. The summed E-state index contributed by atoms with van der Waals surface area (Å²) in [6.07, 6.45) is -10.1. The number of ether oxygens (including phenoxy) is 1. The molecule has 0 aliphatic carbocycles. The number of alkyl halides is 8. The number of esters is 2. The van der Waals surface area contributed by atoms with Crippen LogP contribution in [-0.4, -0.2) is 30.2 Å². The lowest BCUT2D eigenvalue weighted by atomic mass is 9.97. The lowest BCUT2D eigenvalue weighted by Gasteiger charge is -2.25. The fourth-order valence-corrected chi connectivity index (χ4v) is 4.26. The normalized spacial score (nSPS) is 14.1. The quantitative estimate of drug-likeness (QED) is 0.140. The molecule has 0 spiro atoms. The van der Waals surface area contributed by atoms with Gasteiger partial charge in [-0.1, -0.05) is 23.2 Å². The number of nitrogens with one attached hydrogen (secondary N) is 1. The molecular weight excluding hydrogens is 763 g/mol. The molecule has 0 saturated carbocycles. The topological polar surface area (TPSA) is 98.5 Å². The summed E-state index contributed by atoms with van der Waals surface area (Å²) in [4.78, 5) is 30.5. The van der Waals surface area contributed by atoms with Gasteiger partial charge in [0.25, 0.3) is 0 Å². The summed E-state index contributed by atoms with van der Waals surface area (Å²) in [7, 11) is 0. The van der Waals surface area contributed by atoms with E-state index in [1.165, 1.54) is 20.8 Å². The second kappa shape index (κ2) is 15.0. The molecule has 0 aliphatic rings. The molecule has 0 saturated heterocycles. The molecule has 2 aromatic rings. The number of benzene rings is 2. The zero-order valence-corrected chi connectivity index (χ0v) is 26.7. The molecular formula is C24H22Br2Cl2F8N2O4. The average molecular weight is 785 g/mol.